The van der Waals surface area contributed by atoms with Crippen LogP contribution in [0.15, 0.2) is 54.6 Å². The number of phenols is 2. The maximum Gasteiger partial charge on any atom is 0.283 e. The van der Waals surface area contributed by atoms with Crippen LogP contribution >= 0.6 is 46.4 Å². The molecule has 3 aromatic rings. The van der Waals surface area contributed by atoms with Crippen LogP contribution in [0, 0.1) is 0 Å². The molecule has 0 fully saturated rings. The van der Waals surface area contributed by atoms with Crippen LogP contribution < -0.4 is 0 Å². The highest BCUT2D eigenvalue weighted by Crippen LogP contribution is 2.51. The zero-order valence-corrected chi connectivity index (χ0v) is 18.1. The minimum absolute atomic E-state index is 0.00919. The van der Waals surface area contributed by atoms with Gasteiger partial charge in [-0.25, -0.2) is 0 Å². The summed E-state index contributed by atoms with van der Waals surface area (Å²) in [5.41, 5.74) is -0.397. The standard InChI is InChI=1S/C19H12Cl4O5S/c20-13-4-2-1-3-11(13)19(29(26,27)28,10-5-7-14(21)16(24)9-10)12-6-8-15(22)18(25)17(12)23/h1-9,24-25H,(H,26,27,28). The fourth-order valence-corrected chi connectivity index (χ4v) is 5.52. The van der Waals surface area contributed by atoms with Crippen LogP contribution in [-0.4, -0.2) is 23.2 Å². The maximum absolute atomic E-state index is 13.0. The van der Waals surface area contributed by atoms with Crippen LogP contribution in [0.1, 0.15) is 16.7 Å². The van der Waals surface area contributed by atoms with Crippen LogP contribution in [0.4, 0.5) is 0 Å². The molecule has 152 valence electrons. The molecule has 0 aliphatic carbocycles. The smallest absolute Gasteiger partial charge is 0.283 e. The second kappa shape index (κ2) is 7.87. The Labute approximate surface area is 186 Å². The van der Waals surface area contributed by atoms with E-state index >= 15 is 0 Å². The number of halogens is 4. The Kier molecular flexibility index (Phi) is 5.98. The van der Waals surface area contributed by atoms with Crippen molar-refractivity contribution in [2.75, 3.05) is 0 Å². The van der Waals surface area contributed by atoms with Crippen molar-refractivity contribution in [3.63, 3.8) is 0 Å². The predicted octanol–water partition coefficient (Wildman–Crippen LogP) is 5.89. The van der Waals surface area contributed by atoms with Gasteiger partial charge in [-0.15, -0.1) is 0 Å². The highest BCUT2D eigenvalue weighted by atomic mass is 35.5. The van der Waals surface area contributed by atoms with Crippen molar-refractivity contribution in [2.45, 2.75) is 4.75 Å². The lowest BCUT2D eigenvalue weighted by Crippen LogP contribution is -2.38. The lowest BCUT2D eigenvalue weighted by molar-refractivity contribution is 0.455. The van der Waals surface area contributed by atoms with Gasteiger partial charge >= 0.3 is 0 Å². The van der Waals surface area contributed by atoms with Gasteiger partial charge in [0.2, 0.25) is 0 Å². The first-order valence-corrected chi connectivity index (χ1v) is 10.9. The minimum atomic E-state index is -5.07. The Morgan fingerprint density at radius 2 is 1.38 bits per heavy atom. The largest absolute Gasteiger partial charge is 0.506 e. The zero-order valence-electron chi connectivity index (χ0n) is 14.3. The molecule has 0 aromatic heterocycles. The Balaban J connectivity index is 2.61. The molecule has 5 nitrogen and oxygen atoms in total. The summed E-state index contributed by atoms with van der Waals surface area (Å²) >= 11 is 24.3. The first kappa shape index (κ1) is 22.0. The summed E-state index contributed by atoms with van der Waals surface area (Å²) in [5, 5.41) is 19.8. The normalized spacial score (nSPS) is 13.8. The summed E-state index contributed by atoms with van der Waals surface area (Å²) in [5.74, 6) is -1.01. The van der Waals surface area contributed by atoms with Crippen LogP contribution in [0.3, 0.4) is 0 Å². The first-order valence-electron chi connectivity index (χ1n) is 7.90. The van der Waals surface area contributed by atoms with Gasteiger partial charge in [-0.1, -0.05) is 76.7 Å². The molecule has 0 bridgehead atoms. The number of phenolic OH excluding ortho intramolecular Hbond substituents is 2. The van der Waals surface area contributed by atoms with Gasteiger partial charge in [0, 0.05) is 16.1 Å². The fourth-order valence-electron chi connectivity index (χ4n) is 3.17. The van der Waals surface area contributed by atoms with Crippen molar-refractivity contribution >= 4 is 56.5 Å². The molecule has 0 heterocycles. The summed E-state index contributed by atoms with van der Waals surface area (Å²) < 4.78 is 34.0. The molecule has 10 heteroatoms. The van der Waals surface area contributed by atoms with E-state index in [0.29, 0.717) is 0 Å². The Morgan fingerprint density at radius 1 is 0.759 bits per heavy atom. The number of aromatic hydroxyl groups is 2. The van der Waals surface area contributed by atoms with Gasteiger partial charge in [-0.2, -0.15) is 8.42 Å². The Morgan fingerprint density at radius 3 is 1.97 bits per heavy atom. The van der Waals surface area contributed by atoms with Gasteiger partial charge in [-0.05, 0) is 29.8 Å². The lowest BCUT2D eigenvalue weighted by Gasteiger charge is -2.34. The van der Waals surface area contributed by atoms with E-state index in [1.807, 2.05) is 0 Å². The number of rotatable bonds is 4. The quantitative estimate of drug-likeness (QED) is 0.311. The summed E-state index contributed by atoms with van der Waals surface area (Å²) in [4.78, 5) is 0. The first-order chi connectivity index (χ1) is 13.5. The molecule has 0 saturated carbocycles. The average molecular weight is 494 g/mol. The lowest BCUT2D eigenvalue weighted by atomic mass is 9.83. The van der Waals surface area contributed by atoms with Gasteiger partial charge in [0.25, 0.3) is 10.1 Å². The van der Waals surface area contributed by atoms with Crippen molar-refractivity contribution < 1.29 is 23.2 Å². The fraction of sp³-hybridized carbons (Fsp3) is 0.0526. The molecule has 0 aliphatic rings. The zero-order chi connectivity index (χ0) is 21.6. The van der Waals surface area contributed by atoms with Crippen LogP contribution in [0.5, 0.6) is 11.5 Å². The molecule has 3 rings (SSSR count). The monoisotopic (exact) mass is 492 g/mol. The van der Waals surface area contributed by atoms with E-state index in [1.54, 1.807) is 6.07 Å². The molecule has 0 spiro atoms. The molecule has 0 amide bonds. The molecule has 0 saturated heterocycles. The molecular weight excluding hydrogens is 482 g/mol. The topological polar surface area (TPSA) is 94.8 Å². The molecule has 1 atom stereocenters. The summed E-state index contributed by atoms with van der Waals surface area (Å²) in [6, 6.07) is 12.0. The summed E-state index contributed by atoms with van der Waals surface area (Å²) in [7, 11) is -5.07. The van der Waals surface area contributed by atoms with Gasteiger partial charge in [0.15, 0.2) is 10.5 Å². The highest BCUT2D eigenvalue weighted by Gasteiger charge is 2.51. The van der Waals surface area contributed by atoms with Crippen LogP contribution in [-0.2, 0) is 14.9 Å². The second-order valence-electron chi connectivity index (χ2n) is 6.06. The SMILES string of the molecule is O=S(=O)(O)C(c1ccc(Cl)c(O)c1)(c1ccccc1Cl)c1ccc(Cl)c(O)c1Cl. The van der Waals surface area contributed by atoms with Crippen molar-refractivity contribution in [2.24, 2.45) is 0 Å². The third-order valence-corrected chi connectivity index (χ3v) is 7.23. The van der Waals surface area contributed by atoms with Crippen LogP contribution in [0.2, 0.25) is 20.1 Å². The highest BCUT2D eigenvalue weighted by molar-refractivity contribution is 7.87. The van der Waals surface area contributed by atoms with Gasteiger partial charge < -0.3 is 10.2 Å². The van der Waals surface area contributed by atoms with E-state index in [9.17, 15) is 23.2 Å². The molecule has 3 N–H and O–H groups in total. The van der Waals surface area contributed by atoms with E-state index in [4.69, 9.17) is 46.4 Å². The van der Waals surface area contributed by atoms with E-state index in [0.717, 1.165) is 6.07 Å². The third-order valence-electron chi connectivity index (χ3n) is 4.44. The molecule has 0 aliphatic heterocycles. The number of hydrogen-bond acceptors (Lipinski definition) is 4. The van der Waals surface area contributed by atoms with Gasteiger partial charge in [0.1, 0.15) is 5.75 Å². The summed E-state index contributed by atoms with van der Waals surface area (Å²) in [6.45, 7) is 0. The van der Waals surface area contributed by atoms with Crippen molar-refractivity contribution in [3.8, 4) is 11.5 Å². The van der Waals surface area contributed by atoms with Crippen molar-refractivity contribution in [3.05, 3.63) is 91.4 Å². The summed E-state index contributed by atoms with van der Waals surface area (Å²) in [6.07, 6.45) is 0. The average Bonchev–Trinajstić information content (AvgIpc) is 2.65. The molecule has 3 aromatic carbocycles. The van der Waals surface area contributed by atoms with E-state index in [-0.39, 0.29) is 31.8 Å². The molecule has 0 radical (unpaired) electrons. The van der Waals surface area contributed by atoms with E-state index in [1.165, 1.54) is 42.5 Å². The number of hydrogen-bond donors (Lipinski definition) is 3. The Bertz CT molecular complexity index is 1210. The van der Waals surface area contributed by atoms with E-state index < -0.39 is 31.4 Å². The molecule has 1 unspecified atom stereocenters. The second-order valence-corrected chi connectivity index (χ2v) is 9.22. The van der Waals surface area contributed by atoms with Gasteiger partial charge in [0.05, 0.1) is 15.1 Å². The minimum Gasteiger partial charge on any atom is -0.506 e. The third kappa shape index (κ3) is 3.54. The molecular formula is C19H12Cl4O5S. The van der Waals surface area contributed by atoms with E-state index in [2.05, 4.69) is 0 Å². The predicted molar refractivity (Wildman–Crippen MR) is 114 cm³/mol. The molecule has 29 heavy (non-hydrogen) atoms. The Hall–Kier alpha value is -1.67. The van der Waals surface area contributed by atoms with Crippen molar-refractivity contribution in [1.82, 2.24) is 0 Å². The maximum atomic E-state index is 13.0. The van der Waals surface area contributed by atoms with Crippen LogP contribution in [0.25, 0.3) is 0 Å². The van der Waals surface area contributed by atoms with Gasteiger partial charge in [-0.3, -0.25) is 4.55 Å². The number of benzene rings is 3. The van der Waals surface area contributed by atoms with Crippen molar-refractivity contribution in [1.29, 1.82) is 0 Å².